The van der Waals surface area contributed by atoms with Crippen molar-refractivity contribution in [3.8, 4) is 10.7 Å². The molecule has 0 saturated heterocycles. The first-order valence-corrected chi connectivity index (χ1v) is 10.00. The van der Waals surface area contributed by atoms with E-state index < -0.39 is 0 Å². The lowest BCUT2D eigenvalue weighted by Gasteiger charge is -2.30. The maximum atomic E-state index is 12.2. The van der Waals surface area contributed by atoms with Crippen molar-refractivity contribution >= 4 is 17.2 Å². The fraction of sp³-hybridized carbons (Fsp3) is 0.611. The molecule has 1 unspecified atom stereocenters. The minimum atomic E-state index is 0.0685. The van der Waals surface area contributed by atoms with Gasteiger partial charge < -0.3 is 15.6 Å². The molecule has 1 amide bonds. The van der Waals surface area contributed by atoms with Crippen molar-refractivity contribution in [2.24, 2.45) is 11.7 Å². The molecule has 0 aromatic carbocycles. The molecule has 2 aromatic heterocycles. The predicted octanol–water partition coefficient (Wildman–Crippen LogP) is 3.14. The fourth-order valence-electron chi connectivity index (χ4n) is 3.45. The van der Waals surface area contributed by atoms with E-state index in [1.807, 2.05) is 17.5 Å². The van der Waals surface area contributed by atoms with Crippen molar-refractivity contribution in [1.82, 2.24) is 15.5 Å². The highest BCUT2D eigenvalue weighted by atomic mass is 32.1. The Balaban J connectivity index is 1.41. The number of nitrogens with one attached hydrogen (secondary N) is 1. The number of aryl methyl sites for hydroxylation is 1. The highest BCUT2D eigenvalue weighted by molar-refractivity contribution is 7.13. The smallest absolute Gasteiger partial charge is 0.226 e. The number of amides is 1. The number of nitrogens with zero attached hydrogens (tertiary/aromatic N) is 2. The number of thiophene rings is 1. The Bertz CT molecular complexity index is 650. The summed E-state index contributed by atoms with van der Waals surface area (Å²) in [4.78, 5) is 17.6. The summed E-state index contributed by atoms with van der Waals surface area (Å²) in [6, 6.07) is 4.03. The molecule has 2 aromatic rings. The molecule has 0 aliphatic heterocycles. The summed E-state index contributed by atoms with van der Waals surface area (Å²) < 4.78 is 5.26. The van der Waals surface area contributed by atoms with Gasteiger partial charge in [0.25, 0.3) is 0 Å². The van der Waals surface area contributed by atoms with Crippen LogP contribution in [0.3, 0.4) is 0 Å². The number of aromatic nitrogens is 2. The number of nitrogens with two attached hydrogens (primary N) is 1. The van der Waals surface area contributed by atoms with Gasteiger partial charge in [0.05, 0.1) is 4.88 Å². The minimum Gasteiger partial charge on any atom is -0.352 e. The molecule has 25 heavy (non-hydrogen) atoms. The van der Waals surface area contributed by atoms with E-state index in [-0.39, 0.29) is 11.9 Å². The van der Waals surface area contributed by atoms with Crippen LogP contribution in [0, 0.1) is 5.92 Å². The van der Waals surface area contributed by atoms with Crippen LogP contribution in [0.1, 0.15) is 50.8 Å². The zero-order valence-electron chi connectivity index (χ0n) is 14.4. The van der Waals surface area contributed by atoms with Crippen molar-refractivity contribution in [1.29, 1.82) is 0 Å². The van der Waals surface area contributed by atoms with E-state index in [9.17, 15) is 4.79 Å². The summed E-state index contributed by atoms with van der Waals surface area (Å²) in [6.07, 6.45) is 7.93. The van der Waals surface area contributed by atoms with Crippen molar-refractivity contribution < 1.29 is 9.32 Å². The zero-order chi connectivity index (χ0) is 17.5. The molecule has 1 saturated carbocycles. The van der Waals surface area contributed by atoms with Crippen molar-refractivity contribution in [2.45, 2.75) is 57.4 Å². The first-order valence-electron chi connectivity index (χ1n) is 9.12. The van der Waals surface area contributed by atoms with Gasteiger partial charge in [-0.15, -0.1) is 11.3 Å². The van der Waals surface area contributed by atoms with Gasteiger partial charge >= 0.3 is 0 Å². The third-order valence-corrected chi connectivity index (χ3v) is 5.69. The van der Waals surface area contributed by atoms with E-state index in [2.05, 4.69) is 15.5 Å². The van der Waals surface area contributed by atoms with Crippen LogP contribution in [-0.2, 0) is 11.2 Å². The molecule has 2 heterocycles. The monoisotopic (exact) mass is 362 g/mol. The van der Waals surface area contributed by atoms with Gasteiger partial charge in [0.1, 0.15) is 0 Å². The van der Waals surface area contributed by atoms with Crippen LogP contribution < -0.4 is 11.1 Å². The number of hydrogen-bond acceptors (Lipinski definition) is 6. The largest absolute Gasteiger partial charge is 0.352 e. The zero-order valence-corrected chi connectivity index (χ0v) is 15.3. The lowest BCUT2D eigenvalue weighted by Crippen LogP contribution is -2.45. The molecule has 0 spiro atoms. The summed E-state index contributed by atoms with van der Waals surface area (Å²) in [6.45, 7) is 0.518. The fourth-order valence-corrected chi connectivity index (χ4v) is 4.10. The third kappa shape index (κ3) is 5.12. The summed E-state index contributed by atoms with van der Waals surface area (Å²) in [7, 11) is 0. The molecule has 3 N–H and O–H groups in total. The normalized spacial score (nSPS) is 16.7. The number of carbonyl (C=O) groups excluding carboxylic acids is 1. The van der Waals surface area contributed by atoms with Gasteiger partial charge in [0.15, 0.2) is 0 Å². The highest BCUT2D eigenvalue weighted by Gasteiger charge is 2.23. The molecular formula is C18H26N4O2S. The van der Waals surface area contributed by atoms with Gasteiger partial charge in [-0.1, -0.05) is 30.5 Å². The average molecular weight is 362 g/mol. The molecule has 0 radical (unpaired) electrons. The van der Waals surface area contributed by atoms with Crippen LogP contribution in [-0.4, -0.2) is 28.6 Å². The van der Waals surface area contributed by atoms with E-state index in [1.165, 1.54) is 32.1 Å². The molecule has 1 aliphatic carbocycles. The van der Waals surface area contributed by atoms with Crippen molar-refractivity contribution in [2.75, 3.05) is 6.54 Å². The topological polar surface area (TPSA) is 94.0 Å². The van der Waals surface area contributed by atoms with E-state index in [0.717, 1.165) is 4.88 Å². The van der Waals surface area contributed by atoms with Gasteiger partial charge in [0, 0.05) is 25.4 Å². The first kappa shape index (κ1) is 18.1. The molecular weight excluding hydrogens is 336 g/mol. The average Bonchev–Trinajstić information content (AvgIpc) is 3.32. The van der Waals surface area contributed by atoms with Crippen LogP contribution in [0.5, 0.6) is 0 Å². The molecule has 1 aliphatic rings. The second-order valence-electron chi connectivity index (χ2n) is 6.65. The van der Waals surface area contributed by atoms with Crippen LogP contribution in [0.2, 0.25) is 0 Å². The van der Waals surface area contributed by atoms with Crippen LogP contribution >= 0.6 is 11.3 Å². The summed E-state index contributed by atoms with van der Waals surface area (Å²) in [5.74, 6) is 1.81. The van der Waals surface area contributed by atoms with Gasteiger partial charge in [0.2, 0.25) is 17.6 Å². The Labute approximate surface area is 152 Å². The summed E-state index contributed by atoms with van der Waals surface area (Å²) >= 11 is 1.58. The SMILES string of the molecule is NCC(NC(=O)CCCc1nc(-c2cccs2)no1)C1CCCCC1. The second kappa shape index (κ2) is 9.10. The first-order chi connectivity index (χ1) is 12.3. The van der Waals surface area contributed by atoms with Gasteiger partial charge in [-0.05, 0) is 36.6 Å². The summed E-state index contributed by atoms with van der Waals surface area (Å²) in [5, 5.41) is 9.09. The Hall–Kier alpha value is -1.73. The minimum absolute atomic E-state index is 0.0685. The maximum absolute atomic E-state index is 12.2. The van der Waals surface area contributed by atoms with Gasteiger partial charge in [-0.2, -0.15) is 4.98 Å². The molecule has 1 fully saturated rings. The molecule has 1 atom stereocenters. The van der Waals surface area contributed by atoms with E-state index >= 15 is 0 Å². The predicted molar refractivity (Wildman–Crippen MR) is 98.1 cm³/mol. The number of rotatable bonds is 8. The number of carbonyl (C=O) groups is 1. The van der Waals surface area contributed by atoms with E-state index in [1.54, 1.807) is 11.3 Å². The van der Waals surface area contributed by atoms with Crippen molar-refractivity contribution in [3.05, 3.63) is 23.4 Å². The molecule has 6 nitrogen and oxygen atoms in total. The van der Waals surface area contributed by atoms with Crippen LogP contribution in [0.15, 0.2) is 22.0 Å². The Morgan fingerprint density at radius 1 is 1.40 bits per heavy atom. The summed E-state index contributed by atoms with van der Waals surface area (Å²) in [5.41, 5.74) is 5.87. The standard InChI is InChI=1S/C18H26N4O2S/c19-12-14(13-6-2-1-3-7-13)20-16(23)9-4-10-17-21-18(22-24-17)15-8-5-11-25-15/h5,8,11,13-14H,1-4,6-7,9-10,12,19H2,(H,20,23). The maximum Gasteiger partial charge on any atom is 0.226 e. The molecule has 0 bridgehead atoms. The second-order valence-corrected chi connectivity index (χ2v) is 7.60. The lowest BCUT2D eigenvalue weighted by atomic mass is 9.84. The lowest BCUT2D eigenvalue weighted by molar-refractivity contribution is -0.122. The highest BCUT2D eigenvalue weighted by Crippen LogP contribution is 2.26. The van der Waals surface area contributed by atoms with Crippen LogP contribution in [0.25, 0.3) is 10.7 Å². The van der Waals surface area contributed by atoms with E-state index in [4.69, 9.17) is 10.3 Å². The van der Waals surface area contributed by atoms with Crippen LogP contribution in [0.4, 0.5) is 0 Å². The Morgan fingerprint density at radius 3 is 2.96 bits per heavy atom. The van der Waals surface area contributed by atoms with Gasteiger partial charge in [-0.3, -0.25) is 4.79 Å². The number of hydrogen-bond donors (Lipinski definition) is 2. The molecule has 3 rings (SSSR count). The third-order valence-electron chi connectivity index (χ3n) is 4.82. The van der Waals surface area contributed by atoms with Crippen molar-refractivity contribution in [3.63, 3.8) is 0 Å². The van der Waals surface area contributed by atoms with E-state index in [0.29, 0.717) is 43.4 Å². The Kier molecular flexibility index (Phi) is 6.58. The quantitative estimate of drug-likeness (QED) is 0.752. The molecule has 136 valence electrons. The van der Waals surface area contributed by atoms with Gasteiger partial charge in [-0.25, -0.2) is 0 Å². The molecule has 7 heteroatoms. The Morgan fingerprint density at radius 2 is 2.24 bits per heavy atom.